The molecule has 2 aromatic rings. The Morgan fingerprint density at radius 2 is 1.63 bits per heavy atom. The van der Waals surface area contributed by atoms with Crippen LogP contribution in [0.15, 0.2) is 42.5 Å². The molecule has 1 saturated heterocycles. The highest BCUT2D eigenvalue weighted by atomic mass is 16.6. The SMILES string of the molecule is CC(=O)N[C@H]1Cc2ccc([N+](=O)[O-])c(c2)Oc2ccc(cc2)C[C@@H](C(=O)N[C@@H](CC(C)C)C(=O)[C@@]2(C)CO2)NC(=O)[C@H](CC(C)C)NC1=O. The van der Waals surface area contributed by atoms with Crippen molar-refractivity contribution in [2.24, 2.45) is 11.8 Å². The standard InChI is InChI=1S/C35H45N5O9/c1-19(2)13-25(31(42)35(6)18-48-35)37-34(45)28-15-22-7-10-24(11-8-22)49-30-17-23(9-12-29(30)40(46)47)16-27(36-21(5)41)33(44)38-26(14-20(3)4)32(43)39-28/h7-12,17,19-20,25-28H,13-16,18H2,1-6H3,(H,36,41)(H,37,45)(H,38,44)(H,39,43)/t25-,26-,27-,28-,35+/m0/s1. The molecule has 0 spiro atoms. The molecule has 3 aliphatic rings. The van der Waals surface area contributed by atoms with E-state index in [4.69, 9.17) is 9.47 Å². The summed E-state index contributed by atoms with van der Waals surface area (Å²) in [6.07, 6.45) is 0.529. The molecule has 4 amide bonds. The van der Waals surface area contributed by atoms with E-state index in [1.165, 1.54) is 25.1 Å². The van der Waals surface area contributed by atoms with E-state index in [9.17, 15) is 34.1 Å². The van der Waals surface area contributed by atoms with E-state index >= 15 is 0 Å². The third-order valence-electron chi connectivity index (χ3n) is 8.36. The van der Waals surface area contributed by atoms with Crippen LogP contribution in [-0.2, 0) is 41.6 Å². The maximum Gasteiger partial charge on any atom is 0.311 e. The molecule has 0 radical (unpaired) electrons. The van der Waals surface area contributed by atoms with Crippen LogP contribution < -0.4 is 26.0 Å². The van der Waals surface area contributed by atoms with Crippen LogP contribution in [0.3, 0.4) is 0 Å². The van der Waals surface area contributed by atoms with E-state index < -0.39 is 58.3 Å². The van der Waals surface area contributed by atoms with Gasteiger partial charge in [-0.2, -0.15) is 0 Å². The topological polar surface area (TPSA) is 198 Å². The zero-order chi connectivity index (χ0) is 36.0. The quantitative estimate of drug-likeness (QED) is 0.166. The number of nitro benzene ring substituents is 1. The maximum absolute atomic E-state index is 13.9. The number of carbonyl (C=O) groups is 5. The van der Waals surface area contributed by atoms with Gasteiger partial charge in [0.2, 0.25) is 29.4 Å². The number of ketones is 1. The smallest absolute Gasteiger partial charge is 0.311 e. The van der Waals surface area contributed by atoms with Gasteiger partial charge in [0, 0.05) is 25.8 Å². The Bertz CT molecular complexity index is 1590. The third-order valence-corrected chi connectivity index (χ3v) is 8.36. The van der Waals surface area contributed by atoms with E-state index in [0.717, 1.165) is 0 Å². The number of Topliss-reactive ketones (excluding diaryl/α,β-unsaturated/α-hetero) is 1. The lowest BCUT2D eigenvalue weighted by Gasteiger charge is -2.28. The second-order valence-electron chi connectivity index (χ2n) is 13.8. The lowest BCUT2D eigenvalue weighted by Crippen LogP contribution is -2.59. The molecule has 3 aliphatic heterocycles. The number of amides is 4. The van der Waals surface area contributed by atoms with Crippen molar-refractivity contribution >= 4 is 35.1 Å². The van der Waals surface area contributed by atoms with Gasteiger partial charge in [0.25, 0.3) is 0 Å². The van der Waals surface area contributed by atoms with E-state index in [1.54, 1.807) is 31.2 Å². The van der Waals surface area contributed by atoms with Crippen LogP contribution in [0.2, 0.25) is 0 Å². The number of nitrogens with one attached hydrogen (secondary N) is 4. The number of rotatable bonds is 10. The number of carbonyl (C=O) groups excluding carboxylic acids is 5. The van der Waals surface area contributed by atoms with Gasteiger partial charge < -0.3 is 30.7 Å². The molecule has 3 heterocycles. The highest BCUT2D eigenvalue weighted by molar-refractivity contribution is 5.98. The minimum absolute atomic E-state index is 0.0146. The summed E-state index contributed by atoms with van der Waals surface area (Å²) < 4.78 is 11.3. The number of epoxide rings is 1. The van der Waals surface area contributed by atoms with E-state index in [0.29, 0.717) is 17.5 Å². The molecule has 264 valence electrons. The van der Waals surface area contributed by atoms with Crippen LogP contribution >= 0.6 is 0 Å². The first-order valence-electron chi connectivity index (χ1n) is 16.4. The van der Waals surface area contributed by atoms with Gasteiger partial charge in [-0.25, -0.2) is 0 Å². The van der Waals surface area contributed by atoms with Gasteiger partial charge in [0.15, 0.2) is 5.78 Å². The number of nitrogens with zero attached hydrogens (tertiary/aromatic N) is 1. The summed E-state index contributed by atoms with van der Waals surface area (Å²) in [5, 5.41) is 22.8. The van der Waals surface area contributed by atoms with Gasteiger partial charge in [-0.15, -0.1) is 0 Å². The summed E-state index contributed by atoms with van der Waals surface area (Å²) in [6.45, 7) is 10.8. The molecule has 2 aromatic carbocycles. The van der Waals surface area contributed by atoms with Gasteiger partial charge in [0.1, 0.15) is 29.5 Å². The second-order valence-corrected chi connectivity index (χ2v) is 13.8. The molecular formula is C35H45N5O9. The fourth-order valence-corrected chi connectivity index (χ4v) is 5.72. The first-order chi connectivity index (χ1) is 23.0. The molecule has 49 heavy (non-hydrogen) atoms. The summed E-state index contributed by atoms with van der Waals surface area (Å²) in [4.78, 5) is 78.1. The second kappa shape index (κ2) is 15.6. The normalized spacial score (nSPS) is 23.1. The van der Waals surface area contributed by atoms with Crippen molar-refractivity contribution in [2.75, 3.05) is 6.61 Å². The van der Waals surface area contributed by atoms with Crippen molar-refractivity contribution in [3.8, 4) is 11.5 Å². The summed E-state index contributed by atoms with van der Waals surface area (Å²) in [5.41, 5.74) is -0.186. The minimum atomic E-state index is -1.15. The summed E-state index contributed by atoms with van der Waals surface area (Å²) in [7, 11) is 0. The summed E-state index contributed by atoms with van der Waals surface area (Å²) in [6, 6.07) is 6.46. The molecule has 4 bridgehead atoms. The summed E-state index contributed by atoms with van der Waals surface area (Å²) >= 11 is 0. The first kappa shape index (κ1) is 37.0. The molecule has 0 aliphatic carbocycles. The van der Waals surface area contributed by atoms with Crippen LogP contribution in [0.25, 0.3) is 0 Å². The van der Waals surface area contributed by atoms with Gasteiger partial charge >= 0.3 is 5.69 Å². The Morgan fingerprint density at radius 3 is 2.20 bits per heavy atom. The zero-order valence-corrected chi connectivity index (χ0v) is 28.7. The molecule has 4 N–H and O–H groups in total. The van der Waals surface area contributed by atoms with E-state index in [-0.39, 0.29) is 60.7 Å². The molecule has 14 nitrogen and oxygen atoms in total. The van der Waals surface area contributed by atoms with Crippen LogP contribution in [0.4, 0.5) is 5.69 Å². The van der Waals surface area contributed by atoms with Crippen molar-refractivity contribution in [1.82, 2.24) is 21.3 Å². The Labute approximate surface area is 285 Å². The van der Waals surface area contributed by atoms with Crippen LogP contribution in [-0.4, -0.2) is 70.7 Å². The first-order valence-corrected chi connectivity index (χ1v) is 16.4. The number of hydrogen-bond donors (Lipinski definition) is 4. The van der Waals surface area contributed by atoms with E-state index in [1.807, 2.05) is 27.7 Å². The fourth-order valence-electron chi connectivity index (χ4n) is 5.72. The van der Waals surface area contributed by atoms with Crippen LogP contribution in [0, 0.1) is 22.0 Å². The zero-order valence-electron chi connectivity index (χ0n) is 28.7. The molecule has 5 atom stereocenters. The van der Waals surface area contributed by atoms with Crippen molar-refractivity contribution < 1.29 is 38.4 Å². The molecule has 0 saturated carbocycles. The minimum Gasteiger partial charge on any atom is -0.450 e. The number of ether oxygens (including phenoxy) is 2. The molecule has 5 rings (SSSR count). The Kier molecular flexibility index (Phi) is 11.8. The predicted octanol–water partition coefficient (Wildman–Crippen LogP) is 2.90. The summed E-state index contributed by atoms with van der Waals surface area (Å²) in [5.74, 6) is -2.39. The number of fused-ring (bicyclic) bond motifs is 10. The maximum atomic E-state index is 13.9. The lowest BCUT2D eigenvalue weighted by molar-refractivity contribution is -0.385. The van der Waals surface area contributed by atoms with E-state index in [2.05, 4.69) is 21.3 Å². The average molecular weight is 680 g/mol. The molecule has 0 aromatic heterocycles. The van der Waals surface area contributed by atoms with Crippen molar-refractivity contribution in [3.63, 3.8) is 0 Å². The monoisotopic (exact) mass is 679 g/mol. The highest BCUT2D eigenvalue weighted by Crippen LogP contribution is 2.33. The van der Waals surface area contributed by atoms with Crippen LogP contribution in [0.5, 0.6) is 11.5 Å². The third kappa shape index (κ3) is 10.1. The lowest BCUT2D eigenvalue weighted by atomic mass is 9.93. The van der Waals surface area contributed by atoms with Crippen LogP contribution in [0.1, 0.15) is 65.5 Å². The molecule has 1 fully saturated rings. The van der Waals surface area contributed by atoms with Crippen molar-refractivity contribution in [2.45, 2.75) is 97.0 Å². The average Bonchev–Trinajstić information content (AvgIpc) is 3.77. The highest BCUT2D eigenvalue weighted by Gasteiger charge is 2.50. The van der Waals surface area contributed by atoms with Crippen molar-refractivity contribution in [1.29, 1.82) is 0 Å². The molecular weight excluding hydrogens is 634 g/mol. The Morgan fingerprint density at radius 1 is 0.980 bits per heavy atom. The largest absolute Gasteiger partial charge is 0.450 e. The van der Waals surface area contributed by atoms with Crippen molar-refractivity contribution in [3.05, 3.63) is 63.7 Å². The number of hydrogen-bond acceptors (Lipinski definition) is 9. The Balaban J connectivity index is 1.74. The molecule has 14 heteroatoms. The van der Waals surface area contributed by atoms with Gasteiger partial charge in [0.05, 0.1) is 17.6 Å². The Hall–Kier alpha value is -4.85. The van der Waals surface area contributed by atoms with Gasteiger partial charge in [-0.3, -0.25) is 34.1 Å². The van der Waals surface area contributed by atoms with Gasteiger partial charge in [-0.1, -0.05) is 45.9 Å². The predicted molar refractivity (Wildman–Crippen MR) is 179 cm³/mol. The fraction of sp³-hybridized carbons (Fsp3) is 0.514. The number of benzene rings is 2. The number of nitro groups is 1. The molecule has 0 unspecified atom stereocenters. The van der Waals surface area contributed by atoms with Gasteiger partial charge in [-0.05, 0) is 60.9 Å².